The van der Waals surface area contributed by atoms with E-state index in [1.807, 2.05) is 0 Å². The Balaban J connectivity index is 3.04. The summed E-state index contributed by atoms with van der Waals surface area (Å²) < 4.78 is 0. The Kier molecular flexibility index (Phi) is 1.93. The van der Waals surface area contributed by atoms with Crippen molar-refractivity contribution in [1.82, 2.24) is 0 Å². The summed E-state index contributed by atoms with van der Waals surface area (Å²) in [5, 5.41) is 22.6. The maximum Gasteiger partial charge on any atom is 0.172 e. The highest BCUT2D eigenvalue weighted by Gasteiger charge is 2.16. The molecule has 2 aromatic carbocycles. The third kappa shape index (κ3) is 1.17. The van der Waals surface area contributed by atoms with E-state index in [1.54, 1.807) is 24.3 Å². The van der Waals surface area contributed by atoms with Gasteiger partial charge in [0.1, 0.15) is 11.4 Å². The highest BCUT2D eigenvalue weighted by atomic mass is 16.3. The Morgan fingerprint density at radius 2 is 1.67 bits per heavy atom. The molecule has 0 aromatic heterocycles. The number of nitrogens with two attached hydrogens (primary N) is 1. The van der Waals surface area contributed by atoms with Gasteiger partial charge in [-0.25, -0.2) is 0 Å². The van der Waals surface area contributed by atoms with E-state index in [1.165, 1.54) is 0 Å². The molecule has 0 saturated carbocycles. The molecule has 2 aromatic rings. The zero-order valence-electron chi connectivity index (χ0n) is 7.64. The number of aromatic hydroxyl groups is 2. The molecule has 0 aliphatic carbocycles. The molecular weight excluding hydrogens is 196 g/mol. The van der Waals surface area contributed by atoms with Crippen molar-refractivity contribution in [3.05, 3.63) is 29.2 Å². The predicted molar refractivity (Wildman–Crippen MR) is 57.1 cm³/mol. The molecule has 4 N–H and O–H groups in total. The molecule has 0 aliphatic heterocycles. The summed E-state index contributed by atoms with van der Waals surface area (Å²) in [6.07, 6.45) is 0. The SMILES string of the molecule is Nc1c(O)c(N=O)c2ccccc2c1O. The third-order valence-electron chi connectivity index (χ3n) is 2.26. The van der Waals surface area contributed by atoms with E-state index < -0.39 is 5.75 Å². The first-order chi connectivity index (χ1) is 7.16. The first kappa shape index (κ1) is 9.26. The summed E-state index contributed by atoms with van der Waals surface area (Å²) >= 11 is 0. The van der Waals surface area contributed by atoms with Crippen LogP contribution in [-0.2, 0) is 0 Å². The first-order valence-corrected chi connectivity index (χ1v) is 4.22. The molecular formula is C10H8N2O3. The lowest BCUT2D eigenvalue weighted by atomic mass is 10.1. The number of anilines is 1. The van der Waals surface area contributed by atoms with Crippen molar-refractivity contribution in [2.24, 2.45) is 5.18 Å². The van der Waals surface area contributed by atoms with Gasteiger partial charge in [-0.3, -0.25) is 0 Å². The van der Waals surface area contributed by atoms with Crippen molar-refractivity contribution < 1.29 is 10.2 Å². The zero-order valence-corrected chi connectivity index (χ0v) is 7.64. The number of phenols is 2. The maximum atomic E-state index is 10.6. The van der Waals surface area contributed by atoms with Crippen LogP contribution in [0.5, 0.6) is 11.5 Å². The molecule has 0 spiro atoms. The smallest absolute Gasteiger partial charge is 0.172 e. The van der Waals surface area contributed by atoms with Gasteiger partial charge >= 0.3 is 0 Å². The largest absolute Gasteiger partial charge is 0.505 e. The standard InChI is InChI=1S/C10H8N2O3/c11-7-9(13)6-4-2-1-3-5(6)8(12-15)10(7)14/h1-4,13-14H,11H2. The summed E-state index contributed by atoms with van der Waals surface area (Å²) in [4.78, 5) is 10.6. The topological polar surface area (TPSA) is 95.9 Å². The van der Waals surface area contributed by atoms with Gasteiger partial charge in [0.25, 0.3) is 0 Å². The molecule has 5 heteroatoms. The molecule has 5 nitrogen and oxygen atoms in total. The minimum atomic E-state index is -0.485. The number of nitrogens with zero attached hydrogens (tertiary/aromatic N) is 1. The molecule has 0 fully saturated rings. The van der Waals surface area contributed by atoms with Gasteiger partial charge in [0.15, 0.2) is 11.4 Å². The van der Waals surface area contributed by atoms with Crippen LogP contribution in [0.1, 0.15) is 0 Å². The van der Waals surface area contributed by atoms with Gasteiger partial charge in [0.2, 0.25) is 0 Å². The first-order valence-electron chi connectivity index (χ1n) is 4.22. The van der Waals surface area contributed by atoms with Gasteiger partial charge in [0, 0.05) is 10.8 Å². The molecule has 0 aliphatic rings. The summed E-state index contributed by atoms with van der Waals surface area (Å²) in [6, 6.07) is 6.53. The monoisotopic (exact) mass is 204 g/mol. The average molecular weight is 204 g/mol. The van der Waals surface area contributed by atoms with Crippen molar-refractivity contribution in [3.8, 4) is 11.5 Å². The van der Waals surface area contributed by atoms with E-state index in [0.29, 0.717) is 10.8 Å². The van der Waals surface area contributed by atoms with Crippen LogP contribution in [0.2, 0.25) is 0 Å². The summed E-state index contributed by atoms with van der Waals surface area (Å²) in [7, 11) is 0. The van der Waals surface area contributed by atoms with Crippen LogP contribution in [0.4, 0.5) is 11.4 Å². The number of fused-ring (bicyclic) bond motifs is 1. The van der Waals surface area contributed by atoms with Crippen molar-refractivity contribution in [2.75, 3.05) is 5.73 Å². The Labute approximate surface area is 84.7 Å². The minimum Gasteiger partial charge on any atom is -0.505 e. The fraction of sp³-hybridized carbons (Fsp3) is 0. The molecule has 76 valence electrons. The van der Waals surface area contributed by atoms with Crippen molar-refractivity contribution in [2.45, 2.75) is 0 Å². The van der Waals surface area contributed by atoms with Crippen molar-refractivity contribution in [1.29, 1.82) is 0 Å². The summed E-state index contributed by atoms with van der Waals surface area (Å²) in [5.74, 6) is -0.725. The van der Waals surface area contributed by atoms with Gasteiger partial charge in [0.05, 0.1) is 0 Å². The van der Waals surface area contributed by atoms with E-state index in [2.05, 4.69) is 5.18 Å². The quantitative estimate of drug-likeness (QED) is 0.377. The number of rotatable bonds is 1. The lowest BCUT2D eigenvalue weighted by Gasteiger charge is -2.08. The molecule has 15 heavy (non-hydrogen) atoms. The summed E-state index contributed by atoms with van der Waals surface area (Å²) in [6.45, 7) is 0. The molecule has 0 saturated heterocycles. The van der Waals surface area contributed by atoms with Gasteiger partial charge in [-0.2, -0.15) is 0 Å². The van der Waals surface area contributed by atoms with Gasteiger partial charge in [-0.05, 0) is 5.18 Å². The van der Waals surface area contributed by atoms with Crippen molar-refractivity contribution >= 4 is 22.1 Å². The predicted octanol–water partition coefficient (Wildman–Crippen LogP) is 2.23. The van der Waals surface area contributed by atoms with E-state index in [9.17, 15) is 15.1 Å². The van der Waals surface area contributed by atoms with Crippen LogP contribution in [0.15, 0.2) is 29.4 Å². The molecule has 0 amide bonds. The average Bonchev–Trinajstić information content (AvgIpc) is 2.27. The Morgan fingerprint density at radius 3 is 2.27 bits per heavy atom. The molecule has 0 unspecified atom stereocenters. The lowest BCUT2D eigenvalue weighted by Crippen LogP contribution is -1.88. The van der Waals surface area contributed by atoms with Crippen LogP contribution in [0.25, 0.3) is 10.8 Å². The van der Waals surface area contributed by atoms with Crippen LogP contribution in [0.3, 0.4) is 0 Å². The number of hydrogen-bond donors (Lipinski definition) is 3. The number of nitrogen functional groups attached to an aromatic ring is 1. The Bertz CT molecular complexity index is 552. The second-order valence-corrected chi connectivity index (χ2v) is 3.10. The summed E-state index contributed by atoms with van der Waals surface area (Å²) in [5.41, 5.74) is 5.04. The zero-order chi connectivity index (χ0) is 11.0. The van der Waals surface area contributed by atoms with Crippen LogP contribution in [0, 0.1) is 4.91 Å². The molecule has 0 heterocycles. The fourth-order valence-electron chi connectivity index (χ4n) is 1.50. The van der Waals surface area contributed by atoms with Crippen molar-refractivity contribution in [3.63, 3.8) is 0 Å². The second kappa shape index (κ2) is 3.13. The highest BCUT2D eigenvalue weighted by Crippen LogP contribution is 2.46. The Morgan fingerprint density at radius 1 is 1.07 bits per heavy atom. The van der Waals surface area contributed by atoms with E-state index >= 15 is 0 Å². The third-order valence-corrected chi connectivity index (χ3v) is 2.26. The minimum absolute atomic E-state index is 0.152. The van der Waals surface area contributed by atoms with Crippen LogP contribution >= 0.6 is 0 Å². The molecule has 0 bridgehead atoms. The van der Waals surface area contributed by atoms with Gasteiger partial charge < -0.3 is 15.9 Å². The van der Waals surface area contributed by atoms with E-state index in [0.717, 1.165) is 0 Å². The number of phenolic OH excluding ortho intramolecular Hbond substituents is 2. The normalized spacial score (nSPS) is 10.4. The number of benzene rings is 2. The molecule has 2 rings (SSSR count). The fourth-order valence-corrected chi connectivity index (χ4v) is 1.50. The maximum absolute atomic E-state index is 10.6. The van der Waals surface area contributed by atoms with Gasteiger partial charge in [-0.1, -0.05) is 24.3 Å². The Hall–Kier alpha value is -2.30. The van der Waals surface area contributed by atoms with Crippen LogP contribution in [-0.4, -0.2) is 10.2 Å². The highest BCUT2D eigenvalue weighted by molar-refractivity contribution is 6.04. The number of hydrogen-bond acceptors (Lipinski definition) is 5. The van der Waals surface area contributed by atoms with Gasteiger partial charge in [-0.15, -0.1) is 4.91 Å². The second-order valence-electron chi connectivity index (χ2n) is 3.10. The lowest BCUT2D eigenvalue weighted by molar-refractivity contribution is 0.461. The molecule has 0 atom stereocenters. The van der Waals surface area contributed by atoms with Crippen LogP contribution < -0.4 is 5.73 Å². The van der Waals surface area contributed by atoms with E-state index in [4.69, 9.17) is 5.73 Å². The molecule has 0 radical (unpaired) electrons. The van der Waals surface area contributed by atoms with E-state index in [-0.39, 0.29) is 17.1 Å². The number of nitroso groups, excluding NO2 is 1.